The molecule has 0 fully saturated rings. The van der Waals surface area contributed by atoms with Crippen LogP contribution in [-0.2, 0) is 7.05 Å². The summed E-state index contributed by atoms with van der Waals surface area (Å²) in [6.45, 7) is 0. The van der Waals surface area contributed by atoms with Gasteiger partial charge in [-0.1, -0.05) is 12.1 Å². The number of benzene rings is 1. The first kappa shape index (κ1) is 10.2. The van der Waals surface area contributed by atoms with Crippen LogP contribution in [0.2, 0.25) is 0 Å². The molecule has 0 saturated heterocycles. The van der Waals surface area contributed by atoms with Crippen LogP contribution in [0.1, 0.15) is 0 Å². The van der Waals surface area contributed by atoms with Crippen molar-refractivity contribution < 1.29 is 4.74 Å². The van der Waals surface area contributed by atoms with Gasteiger partial charge in [-0.25, -0.2) is 9.67 Å². The minimum absolute atomic E-state index is 0.684. The fraction of sp³-hybridized carbons (Fsp3) is 0.200. The molecule has 2 aromatic rings. The fourth-order valence-electron chi connectivity index (χ4n) is 1.25. The number of hydrogen-bond donors (Lipinski definition) is 0. The molecule has 0 aliphatic rings. The molecule has 2 rings (SSSR count). The normalized spacial score (nSPS) is 10.3. The Morgan fingerprint density at radius 3 is 2.80 bits per heavy atom. The zero-order valence-corrected chi connectivity index (χ0v) is 10.0. The van der Waals surface area contributed by atoms with E-state index in [1.807, 2.05) is 31.3 Å². The van der Waals surface area contributed by atoms with E-state index < -0.39 is 0 Å². The SMILES string of the molecule is COc1cccc(-c2nc(Br)n(C)n2)c1. The Labute approximate surface area is 96.0 Å². The number of aromatic nitrogens is 3. The Hall–Kier alpha value is -1.36. The maximum atomic E-state index is 5.14. The average Bonchev–Trinajstić information content (AvgIpc) is 2.59. The molecule has 0 aliphatic heterocycles. The van der Waals surface area contributed by atoms with Crippen molar-refractivity contribution in [1.82, 2.24) is 14.8 Å². The van der Waals surface area contributed by atoms with Crippen LogP contribution in [0.3, 0.4) is 0 Å². The summed E-state index contributed by atoms with van der Waals surface area (Å²) >= 11 is 3.31. The first-order valence-corrected chi connectivity index (χ1v) is 5.21. The standard InChI is InChI=1S/C10H10BrN3O/c1-14-10(11)12-9(13-14)7-4-3-5-8(6-7)15-2/h3-6H,1-2H3. The van der Waals surface area contributed by atoms with E-state index in [9.17, 15) is 0 Å². The van der Waals surface area contributed by atoms with E-state index in [0.717, 1.165) is 11.3 Å². The Bertz CT molecular complexity index is 462. The molecular formula is C10H10BrN3O. The van der Waals surface area contributed by atoms with E-state index >= 15 is 0 Å². The molecule has 1 aromatic carbocycles. The monoisotopic (exact) mass is 267 g/mol. The van der Waals surface area contributed by atoms with Crippen LogP contribution < -0.4 is 4.74 Å². The average molecular weight is 268 g/mol. The number of hydrogen-bond acceptors (Lipinski definition) is 3. The maximum Gasteiger partial charge on any atom is 0.195 e. The summed E-state index contributed by atoms with van der Waals surface area (Å²) in [6.07, 6.45) is 0. The van der Waals surface area contributed by atoms with Gasteiger partial charge in [-0.05, 0) is 28.1 Å². The molecule has 15 heavy (non-hydrogen) atoms. The number of rotatable bonds is 2. The van der Waals surface area contributed by atoms with Crippen LogP contribution in [-0.4, -0.2) is 21.9 Å². The summed E-state index contributed by atoms with van der Waals surface area (Å²) in [5, 5.41) is 4.26. The molecule has 0 aliphatic carbocycles. The van der Waals surface area contributed by atoms with E-state index in [1.54, 1.807) is 11.8 Å². The number of ether oxygens (including phenoxy) is 1. The third kappa shape index (κ3) is 2.02. The molecule has 0 saturated carbocycles. The lowest BCUT2D eigenvalue weighted by molar-refractivity contribution is 0.415. The second-order valence-electron chi connectivity index (χ2n) is 3.06. The zero-order chi connectivity index (χ0) is 10.8. The molecule has 78 valence electrons. The van der Waals surface area contributed by atoms with Crippen LogP contribution in [0.5, 0.6) is 5.75 Å². The molecule has 1 aromatic heterocycles. The van der Waals surface area contributed by atoms with Crippen LogP contribution in [0.15, 0.2) is 29.0 Å². The molecule has 0 atom stereocenters. The van der Waals surface area contributed by atoms with Crippen LogP contribution in [0, 0.1) is 0 Å². The summed E-state index contributed by atoms with van der Waals surface area (Å²) in [7, 11) is 3.47. The van der Waals surface area contributed by atoms with Crippen molar-refractivity contribution in [2.75, 3.05) is 7.11 Å². The van der Waals surface area contributed by atoms with Gasteiger partial charge in [0.15, 0.2) is 10.6 Å². The highest BCUT2D eigenvalue weighted by molar-refractivity contribution is 9.10. The highest BCUT2D eigenvalue weighted by Crippen LogP contribution is 2.21. The number of aryl methyl sites for hydroxylation is 1. The van der Waals surface area contributed by atoms with Crippen LogP contribution in [0.25, 0.3) is 11.4 Å². The first-order chi connectivity index (χ1) is 7.20. The van der Waals surface area contributed by atoms with Crippen molar-refractivity contribution >= 4 is 15.9 Å². The van der Waals surface area contributed by atoms with Crippen molar-refractivity contribution in [3.8, 4) is 17.1 Å². The molecular weight excluding hydrogens is 258 g/mol. The van der Waals surface area contributed by atoms with E-state index in [1.165, 1.54) is 0 Å². The largest absolute Gasteiger partial charge is 0.497 e. The van der Waals surface area contributed by atoms with Gasteiger partial charge in [0, 0.05) is 12.6 Å². The minimum Gasteiger partial charge on any atom is -0.497 e. The van der Waals surface area contributed by atoms with Gasteiger partial charge >= 0.3 is 0 Å². The molecule has 0 amide bonds. The lowest BCUT2D eigenvalue weighted by Crippen LogP contribution is -1.90. The van der Waals surface area contributed by atoms with E-state index in [2.05, 4.69) is 26.0 Å². The van der Waals surface area contributed by atoms with Crippen molar-refractivity contribution in [1.29, 1.82) is 0 Å². The lowest BCUT2D eigenvalue weighted by Gasteiger charge is -2.00. The highest BCUT2D eigenvalue weighted by atomic mass is 79.9. The second kappa shape index (κ2) is 4.02. The molecule has 0 spiro atoms. The summed E-state index contributed by atoms with van der Waals surface area (Å²) in [5.41, 5.74) is 0.940. The van der Waals surface area contributed by atoms with Crippen molar-refractivity contribution in [3.63, 3.8) is 0 Å². The number of nitrogens with zero attached hydrogens (tertiary/aromatic N) is 3. The molecule has 0 N–H and O–H groups in total. The highest BCUT2D eigenvalue weighted by Gasteiger charge is 2.07. The van der Waals surface area contributed by atoms with Crippen LogP contribution in [0.4, 0.5) is 0 Å². The summed E-state index contributed by atoms with van der Waals surface area (Å²) in [4.78, 5) is 4.27. The fourth-order valence-corrected chi connectivity index (χ4v) is 1.50. The summed E-state index contributed by atoms with van der Waals surface area (Å²) in [5.74, 6) is 1.49. The van der Waals surface area contributed by atoms with Gasteiger partial charge in [0.2, 0.25) is 0 Å². The third-order valence-corrected chi connectivity index (χ3v) is 2.73. The number of methoxy groups -OCH3 is 1. The van der Waals surface area contributed by atoms with Gasteiger partial charge in [-0.2, -0.15) is 5.10 Å². The minimum atomic E-state index is 0.684. The van der Waals surface area contributed by atoms with Crippen molar-refractivity contribution in [2.45, 2.75) is 0 Å². The Morgan fingerprint density at radius 2 is 2.20 bits per heavy atom. The topological polar surface area (TPSA) is 39.9 Å². The lowest BCUT2D eigenvalue weighted by atomic mass is 10.2. The Kier molecular flexibility index (Phi) is 2.73. The smallest absolute Gasteiger partial charge is 0.195 e. The molecule has 0 unspecified atom stereocenters. The Balaban J connectivity index is 2.44. The number of halogens is 1. The van der Waals surface area contributed by atoms with Crippen molar-refractivity contribution in [3.05, 3.63) is 29.0 Å². The molecule has 1 heterocycles. The molecule has 0 radical (unpaired) electrons. The van der Waals surface area contributed by atoms with Gasteiger partial charge in [-0.15, -0.1) is 0 Å². The van der Waals surface area contributed by atoms with Crippen LogP contribution >= 0.6 is 15.9 Å². The molecule has 0 bridgehead atoms. The van der Waals surface area contributed by atoms with Gasteiger partial charge in [0.05, 0.1) is 7.11 Å². The van der Waals surface area contributed by atoms with E-state index in [0.29, 0.717) is 10.6 Å². The summed E-state index contributed by atoms with van der Waals surface area (Å²) < 4.78 is 7.52. The molecule has 5 heteroatoms. The predicted octanol–water partition coefficient (Wildman–Crippen LogP) is 2.25. The van der Waals surface area contributed by atoms with Crippen molar-refractivity contribution in [2.24, 2.45) is 7.05 Å². The van der Waals surface area contributed by atoms with Gasteiger partial charge in [0.25, 0.3) is 0 Å². The molecule has 4 nitrogen and oxygen atoms in total. The van der Waals surface area contributed by atoms with Gasteiger partial charge in [0.1, 0.15) is 5.75 Å². The Morgan fingerprint density at radius 1 is 1.40 bits per heavy atom. The van der Waals surface area contributed by atoms with Gasteiger partial charge in [-0.3, -0.25) is 0 Å². The third-order valence-electron chi connectivity index (χ3n) is 2.04. The van der Waals surface area contributed by atoms with Gasteiger partial charge < -0.3 is 4.74 Å². The second-order valence-corrected chi connectivity index (χ2v) is 3.77. The maximum absolute atomic E-state index is 5.14. The van der Waals surface area contributed by atoms with E-state index in [4.69, 9.17) is 4.74 Å². The predicted molar refractivity (Wildman–Crippen MR) is 60.7 cm³/mol. The quantitative estimate of drug-likeness (QED) is 0.838. The summed E-state index contributed by atoms with van der Waals surface area (Å²) in [6, 6.07) is 7.66. The first-order valence-electron chi connectivity index (χ1n) is 4.41. The van der Waals surface area contributed by atoms with E-state index in [-0.39, 0.29) is 0 Å². The zero-order valence-electron chi connectivity index (χ0n) is 8.44.